The smallest absolute Gasteiger partial charge is 0.338 e. The number of carbonyl (C=O) groups excluding carboxylic acids is 1. The summed E-state index contributed by atoms with van der Waals surface area (Å²) in [6.07, 6.45) is 1.86. The minimum atomic E-state index is -0.855. The molecule has 1 atom stereocenters. The fraction of sp³-hybridized carbons (Fsp3) is 0.242. The van der Waals surface area contributed by atoms with Crippen LogP contribution >= 0.6 is 11.3 Å². The highest BCUT2D eigenvalue weighted by Gasteiger charge is 2.35. The first kappa shape index (κ1) is 28.2. The molecule has 2 heterocycles. The highest BCUT2D eigenvalue weighted by Crippen LogP contribution is 2.35. The second-order valence-electron chi connectivity index (χ2n) is 10.1. The molecule has 0 radical (unpaired) electrons. The van der Waals surface area contributed by atoms with Crippen molar-refractivity contribution in [2.24, 2.45) is 4.99 Å². The Bertz CT molecular complexity index is 1820. The van der Waals surface area contributed by atoms with E-state index in [0.29, 0.717) is 26.2 Å². The van der Waals surface area contributed by atoms with Gasteiger partial charge in [0.2, 0.25) is 0 Å². The molecule has 0 fully saturated rings. The predicted octanol–water partition coefficient (Wildman–Crippen LogP) is 5.52. The number of fused-ring (bicyclic) bond motifs is 1. The molecule has 0 saturated heterocycles. The van der Waals surface area contributed by atoms with Crippen molar-refractivity contribution in [3.8, 4) is 5.75 Å². The van der Waals surface area contributed by atoms with Crippen molar-refractivity contribution in [2.45, 2.75) is 39.7 Å². The number of hydrogen-bond donors (Lipinski definition) is 0. The van der Waals surface area contributed by atoms with Gasteiger partial charge in [-0.25, -0.2) is 14.2 Å². The van der Waals surface area contributed by atoms with Crippen LogP contribution in [0.5, 0.6) is 5.75 Å². The zero-order valence-corrected chi connectivity index (χ0v) is 24.4. The van der Waals surface area contributed by atoms with E-state index in [2.05, 4.69) is 13.8 Å². The van der Waals surface area contributed by atoms with Crippen molar-refractivity contribution in [2.75, 3.05) is 13.7 Å². The summed E-state index contributed by atoms with van der Waals surface area (Å²) >= 11 is 1.25. The van der Waals surface area contributed by atoms with Crippen molar-refractivity contribution in [3.05, 3.63) is 126 Å². The molecule has 210 valence electrons. The summed E-state index contributed by atoms with van der Waals surface area (Å²) in [6.45, 7) is 8.04. The number of carbonyl (C=O) groups is 1. The lowest BCUT2D eigenvalue weighted by Crippen LogP contribution is -2.40. The van der Waals surface area contributed by atoms with Crippen molar-refractivity contribution in [1.29, 1.82) is 0 Å². The third-order valence-electron chi connectivity index (χ3n) is 7.09. The first-order valence-corrected chi connectivity index (χ1v) is 14.3. The number of hydrogen-bond acceptors (Lipinski definition) is 6. The van der Waals surface area contributed by atoms with Gasteiger partial charge in [0.05, 0.1) is 35.6 Å². The van der Waals surface area contributed by atoms with E-state index in [4.69, 9.17) is 14.5 Å². The Morgan fingerprint density at radius 1 is 1.12 bits per heavy atom. The van der Waals surface area contributed by atoms with Crippen molar-refractivity contribution in [3.63, 3.8) is 0 Å². The van der Waals surface area contributed by atoms with E-state index in [9.17, 15) is 14.0 Å². The summed E-state index contributed by atoms with van der Waals surface area (Å²) in [5, 5.41) is 0. The van der Waals surface area contributed by atoms with Gasteiger partial charge in [-0.3, -0.25) is 9.36 Å². The topological polar surface area (TPSA) is 69.9 Å². The number of methoxy groups -OCH3 is 1. The minimum Gasteiger partial charge on any atom is -0.496 e. The number of esters is 1. The van der Waals surface area contributed by atoms with Gasteiger partial charge in [0.15, 0.2) is 4.80 Å². The maximum atomic E-state index is 14.1. The number of halogens is 1. The molecule has 8 heteroatoms. The SMILES string of the molecule is CCOC(=O)C1=C(c2ccccc2)N=c2s/c(=C/c3cc(C(C)C)c(OC)cc3C)c(=O)n2[C@H]1c1ccc(F)cc1. The Morgan fingerprint density at radius 3 is 2.46 bits per heavy atom. The molecule has 0 saturated carbocycles. The minimum absolute atomic E-state index is 0.153. The van der Waals surface area contributed by atoms with Crippen molar-refractivity contribution < 1.29 is 18.7 Å². The number of aromatic nitrogens is 1. The van der Waals surface area contributed by atoms with Gasteiger partial charge in [0.1, 0.15) is 11.6 Å². The molecule has 0 bridgehead atoms. The van der Waals surface area contributed by atoms with Crippen LogP contribution in [0.15, 0.2) is 82.1 Å². The fourth-order valence-electron chi connectivity index (χ4n) is 5.04. The Morgan fingerprint density at radius 2 is 1.83 bits per heavy atom. The molecule has 4 aromatic rings. The van der Waals surface area contributed by atoms with Crippen LogP contribution in [0.25, 0.3) is 11.8 Å². The monoisotopic (exact) mass is 570 g/mol. The average Bonchev–Trinajstić information content (AvgIpc) is 3.28. The number of rotatable bonds is 7. The molecule has 1 aliphatic heterocycles. The van der Waals surface area contributed by atoms with E-state index in [1.54, 1.807) is 26.2 Å². The summed E-state index contributed by atoms with van der Waals surface area (Å²) in [5.74, 6) is 0.0327. The second kappa shape index (κ2) is 11.7. The number of nitrogens with zero attached hydrogens (tertiary/aromatic N) is 2. The van der Waals surface area contributed by atoms with Crippen LogP contribution in [0, 0.1) is 12.7 Å². The van der Waals surface area contributed by atoms with Crippen LogP contribution in [0.2, 0.25) is 0 Å². The van der Waals surface area contributed by atoms with Gasteiger partial charge in [-0.1, -0.05) is 67.6 Å². The maximum Gasteiger partial charge on any atom is 0.338 e. The molecule has 0 unspecified atom stereocenters. The Labute approximate surface area is 241 Å². The Balaban J connectivity index is 1.81. The average molecular weight is 571 g/mol. The molecular formula is C33H31FN2O4S. The first-order chi connectivity index (χ1) is 19.7. The highest BCUT2D eigenvalue weighted by atomic mass is 32.1. The standard InChI is InChI=1S/C33H31FN2O4S/c1-6-40-32(38)28-29(21-10-8-7-9-11-21)35-33-36(30(28)22-12-14-24(34)15-13-22)31(37)27(41-33)18-23-17-25(19(2)3)26(39-5)16-20(23)4/h7-19,30H,6H2,1-5H3/b27-18+/t30-/m0/s1. The van der Waals surface area contributed by atoms with E-state index < -0.39 is 17.8 Å². The van der Waals surface area contributed by atoms with Gasteiger partial charge < -0.3 is 9.47 Å². The number of thiazole rings is 1. The fourth-order valence-corrected chi connectivity index (χ4v) is 6.03. The highest BCUT2D eigenvalue weighted by molar-refractivity contribution is 7.07. The number of aryl methyl sites for hydroxylation is 1. The molecule has 1 aromatic heterocycles. The van der Waals surface area contributed by atoms with Gasteiger partial charge in [0.25, 0.3) is 5.56 Å². The molecule has 0 spiro atoms. The summed E-state index contributed by atoms with van der Waals surface area (Å²) < 4.78 is 27.0. The normalized spacial score (nSPS) is 15.1. The Hall–Kier alpha value is -4.30. The molecule has 0 N–H and O–H groups in total. The van der Waals surface area contributed by atoms with Gasteiger partial charge in [-0.15, -0.1) is 0 Å². The van der Waals surface area contributed by atoms with Crippen molar-refractivity contribution in [1.82, 2.24) is 4.57 Å². The lowest BCUT2D eigenvalue weighted by molar-refractivity contribution is -0.138. The van der Waals surface area contributed by atoms with Gasteiger partial charge >= 0.3 is 5.97 Å². The van der Waals surface area contributed by atoms with E-state index in [1.165, 1.54) is 28.0 Å². The molecule has 41 heavy (non-hydrogen) atoms. The van der Waals surface area contributed by atoms with E-state index in [0.717, 1.165) is 22.4 Å². The lowest BCUT2D eigenvalue weighted by Gasteiger charge is -2.25. The predicted molar refractivity (Wildman–Crippen MR) is 159 cm³/mol. The van der Waals surface area contributed by atoms with Crippen LogP contribution in [0.3, 0.4) is 0 Å². The largest absolute Gasteiger partial charge is 0.496 e. The van der Waals surface area contributed by atoms with Crippen LogP contribution in [0.1, 0.15) is 60.5 Å². The molecule has 6 nitrogen and oxygen atoms in total. The zero-order chi connectivity index (χ0) is 29.3. The van der Waals surface area contributed by atoms with E-state index in [-0.39, 0.29) is 23.7 Å². The summed E-state index contributed by atoms with van der Waals surface area (Å²) in [5.41, 5.74) is 4.55. The summed E-state index contributed by atoms with van der Waals surface area (Å²) in [4.78, 5) is 32.9. The molecule has 0 amide bonds. The van der Waals surface area contributed by atoms with Crippen LogP contribution in [-0.2, 0) is 9.53 Å². The lowest BCUT2D eigenvalue weighted by atomic mass is 9.93. The van der Waals surface area contributed by atoms with Gasteiger partial charge in [-0.2, -0.15) is 0 Å². The third kappa shape index (κ3) is 5.39. The molecule has 3 aromatic carbocycles. The molecular weight excluding hydrogens is 539 g/mol. The quantitative estimate of drug-likeness (QED) is 0.275. The van der Waals surface area contributed by atoms with Crippen LogP contribution < -0.4 is 19.6 Å². The zero-order valence-electron chi connectivity index (χ0n) is 23.6. The van der Waals surface area contributed by atoms with Crippen molar-refractivity contribution >= 4 is 29.1 Å². The third-order valence-corrected chi connectivity index (χ3v) is 8.07. The Kier molecular flexibility index (Phi) is 8.03. The molecule has 1 aliphatic rings. The number of benzene rings is 3. The molecule has 5 rings (SSSR count). The first-order valence-electron chi connectivity index (χ1n) is 13.5. The van der Waals surface area contributed by atoms with Gasteiger partial charge in [-0.05, 0) is 72.4 Å². The summed E-state index contributed by atoms with van der Waals surface area (Å²) in [7, 11) is 1.65. The van der Waals surface area contributed by atoms with E-state index >= 15 is 0 Å². The molecule has 0 aliphatic carbocycles. The van der Waals surface area contributed by atoms with Crippen LogP contribution in [-0.4, -0.2) is 24.3 Å². The summed E-state index contributed by atoms with van der Waals surface area (Å²) in [6, 6.07) is 18.3. The maximum absolute atomic E-state index is 14.1. The van der Waals surface area contributed by atoms with E-state index in [1.807, 2.05) is 55.5 Å². The van der Waals surface area contributed by atoms with Gasteiger partial charge in [0, 0.05) is 5.56 Å². The number of ether oxygens (including phenoxy) is 2. The second-order valence-corrected chi connectivity index (χ2v) is 11.1. The van der Waals surface area contributed by atoms with Crippen LogP contribution in [0.4, 0.5) is 4.39 Å².